The van der Waals surface area contributed by atoms with E-state index in [-0.39, 0.29) is 12.4 Å². The molecule has 0 aliphatic rings. The summed E-state index contributed by atoms with van der Waals surface area (Å²) in [4.78, 5) is 0. The number of aryl methyl sites for hydroxylation is 2. The highest BCUT2D eigenvalue weighted by Crippen LogP contribution is 2.19. The van der Waals surface area contributed by atoms with Gasteiger partial charge < -0.3 is 5.73 Å². The summed E-state index contributed by atoms with van der Waals surface area (Å²) in [6.45, 7) is 2.00. The number of nitrogen functional groups attached to an aromatic ring is 1. The predicted molar refractivity (Wildman–Crippen MR) is 57.1 cm³/mol. The molecule has 0 radical (unpaired) electrons. The van der Waals surface area contributed by atoms with Crippen LogP contribution in [0.5, 0.6) is 0 Å². The van der Waals surface area contributed by atoms with Crippen molar-refractivity contribution in [3.05, 3.63) is 23.9 Å². The van der Waals surface area contributed by atoms with Gasteiger partial charge in [0.25, 0.3) is 0 Å². The number of aromatic nitrogens is 2. The summed E-state index contributed by atoms with van der Waals surface area (Å²) in [5, 5.41) is 5.47. The van der Waals surface area contributed by atoms with Crippen molar-refractivity contribution in [2.75, 3.05) is 5.73 Å². The van der Waals surface area contributed by atoms with Gasteiger partial charge in [-0.05, 0) is 25.1 Å². The number of hydrogen-bond donors (Lipinski definition) is 1. The lowest BCUT2D eigenvalue weighted by molar-refractivity contribution is 0.783. The first kappa shape index (κ1) is 9.86. The molecule has 13 heavy (non-hydrogen) atoms. The van der Waals surface area contributed by atoms with E-state index < -0.39 is 0 Å². The molecule has 1 aromatic heterocycles. The van der Waals surface area contributed by atoms with Crippen LogP contribution in [0.1, 0.15) is 5.69 Å². The zero-order valence-electron chi connectivity index (χ0n) is 7.61. The molecule has 70 valence electrons. The predicted octanol–water partition coefficient (Wildman–Crippen LogP) is 1.89. The van der Waals surface area contributed by atoms with Gasteiger partial charge in [-0.25, -0.2) is 0 Å². The lowest BCUT2D eigenvalue weighted by Gasteiger charge is -1.94. The third kappa shape index (κ3) is 1.47. The molecule has 0 saturated carbocycles. The van der Waals surface area contributed by atoms with Crippen LogP contribution in [0.2, 0.25) is 0 Å². The maximum atomic E-state index is 5.66. The van der Waals surface area contributed by atoms with E-state index in [1.54, 1.807) is 0 Å². The minimum absolute atomic E-state index is 0. The Hall–Kier alpha value is -1.22. The summed E-state index contributed by atoms with van der Waals surface area (Å²) in [5.74, 6) is 0. The van der Waals surface area contributed by atoms with Crippen molar-refractivity contribution in [3.63, 3.8) is 0 Å². The maximum Gasteiger partial charge on any atom is 0.0702 e. The molecule has 0 amide bonds. The molecule has 3 nitrogen and oxygen atoms in total. The number of anilines is 1. The minimum Gasteiger partial charge on any atom is -0.399 e. The van der Waals surface area contributed by atoms with Crippen molar-refractivity contribution < 1.29 is 0 Å². The molecule has 2 rings (SSSR count). The lowest BCUT2D eigenvalue weighted by atomic mass is 10.2. The van der Waals surface area contributed by atoms with Crippen LogP contribution >= 0.6 is 12.4 Å². The molecular formula is C9H12ClN3. The molecule has 2 N–H and O–H groups in total. The van der Waals surface area contributed by atoms with E-state index in [1.807, 2.05) is 36.9 Å². The summed E-state index contributed by atoms with van der Waals surface area (Å²) < 4.78 is 1.85. The van der Waals surface area contributed by atoms with Gasteiger partial charge in [-0.1, -0.05) is 0 Å². The Morgan fingerprint density at radius 3 is 2.77 bits per heavy atom. The first-order chi connectivity index (χ1) is 5.68. The van der Waals surface area contributed by atoms with Crippen molar-refractivity contribution in [1.82, 2.24) is 9.78 Å². The lowest BCUT2D eigenvalue weighted by Crippen LogP contribution is -1.90. The van der Waals surface area contributed by atoms with Crippen LogP contribution in [0.4, 0.5) is 5.69 Å². The maximum absolute atomic E-state index is 5.66. The highest BCUT2D eigenvalue weighted by atomic mass is 35.5. The molecule has 0 aliphatic heterocycles. The molecule has 4 heteroatoms. The van der Waals surface area contributed by atoms with Gasteiger partial charge in [0.2, 0.25) is 0 Å². The number of nitrogens with two attached hydrogens (primary N) is 1. The topological polar surface area (TPSA) is 43.8 Å². The van der Waals surface area contributed by atoms with Gasteiger partial charge in [0.05, 0.1) is 11.2 Å². The minimum atomic E-state index is 0. The second kappa shape index (κ2) is 3.26. The standard InChI is InChI=1S/C9H11N3.ClH/c1-6-8-4-3-7(10)5-9(8)12(2)11-6;/h3-5H,10H2,1-2H3;1H. The fourth-order valence-corrected chi connectivity index (χ4v) is 1.46. The smallest absolute Gasteiger partial charge is 0.0702 e. The summed E-state index contributed by atoms with van der Waals surface area (Å²) >= 11 is 0. The fourth-order valence-electron chi connectivity index (χ4n) is 1.46. The van der Waals surface area contributed by atoms with Crippen LogP contribution in [0.25, 0.3) is 10.9 Å². The van der Waals surface area contributed by atoms with Gasteiger partial charge in [-0.2, -0.15) is 5.10 Å². The van der Waals surface area contributed by atoms with Crippen molar-refractivity contribution in [2.45, 2.75) is 6.92 Å². The Labute approximate surface area is 82.9 Å². The number of benzene rings is 1. The van der Waals surface area contributed by atoms with E-state index in [4.69, 9.17) is 5.73 Å². The zero-order chi connectivity index (χ0) is 8.72. The third-order valence-corrected chi connectivity index (χ3v) is 2.06. The van der Waals surface area contributed by atoms with Crippen LogP contribution in [0.3, 0.4) is 0 Å². The van der Waals surface area contributed by atoms with Crippen LogP contribution in [0.15, 0.2) is 18.2 Å². The highest BCUT2D eigenvalue weighted by Gasteiger charge is 2.03. The van der Waals surface area contributed by atoms with Crippen molar-refractivity contribution in [1.29, 1.82) is 0 Å². The molecule has 0 aliphatic carbocycles. The molecule has 1 heterocycles. The Morgan fingerprint density at radius 1 is 1.38 bits per heavy atom. The van der Waals surface area contributed by atoms with Crippen molar-refractivity contribution in [2.24, 2.45) is 7.05 Å². The Bertz CT molecular complexity index is 434. The first-order valence-corrected chi connectivity index (χ1v) is 3.87. The molecule has 0 bridgehead atoms. The fraction of sp³-hybridized carbons (Fsp3) is 0.222. The molecule has 0 unspecified atom stereocenters. The van der Waals surface area contributed by atoms with Gasteiger partial charge in [-0.3, -0.25) is 4.68 Å². The van der Waals surface area contributed by atoms with Crippen LogP contribution in [-0.2, 0) is 7.05 Å². The van der Waals surface area contributed by atoms with E-state index in [0.29, 0.717) is 0 Å². The Balaban J connectivity index is 0.000000845. The molecule has 0 spiro atoms. The monoisotopic (exact) mass is 197 g/mol. The average molecular weight is 198 g/mol. The van der Waals surface area contributed by atoms with Crippen LogP contribution < -0.4 is 5.73 Å². The van der Waals surface area contributed by atoms with Crippen LogP contribution in [0, 0.1) is 6.92 Å². The summed E-state index contributed by atoms with van der Waals surface area (Å²) in [7, 11) is 1.93. The van der Waals surface area contributed by atoms with Crippen molar-refractivity contribution in [3.8, 4) is 0 Å². The Kier molecular flexibility index (Phi) is 2.48. The second-order valence-corrected chi connectivity index (χ2v) is 2.99. The summed E-state index contributed by atoms with van der Waals surface area (Å²) in [5.41, 5.74) is 8.58. The van der Waals surface area contributed by atoms with Crippen molar-refractivity contribution >= 4 is 29.0 Å². The largest absolute Gasteiger partial charge is 0.399 e. The number of hydrogen-bond acceptors (Lipinski definition) is 2. The SMILES string of the molecule is Cc1nn(C)c2cc(N)ccc12.Cl. The molecule has 0 saturated heterocycles. The van der Waals surface area contributed by atoms with Gasteiger partial charge in [-0.15, -0.1) is 12.4 Å². The van der Waals surface area contributed by atoms with E-state index in [2.05, 4.69) is 5.10 Å². The molecular weight excluding hydrogens is 186 g/mol. The second-order valence-electron chi connectivity index (χ2n) is 2.99. The molecule has 2 aromatic rings. The Morgan fingerprint density at radius 2 is 2.08 bits per heavy atom. The molecule has 0 atom stereocenters. The zero-order valence-corrected chi connectivity index (χ0v) is 8.43. The van der Waals surface area contributed by atoms with E-state index in [1.165, 1.54) is 5.39 Å². The van der Waals surface area contributed by atoms with Crippen LogP contribution in [-0.4, -0.2) is 9.78 Å². The van der Waals surface area contributed by atoms with E-state index >= 15 is 0 Å². The quantitative estimate of drug-likeness (QED) is 0.656. The average Bonchev–Trinajstić information content (AvgIpc) is 2.28. The highest BCUT2D eigenvalue weighted by molar-refractivity contribution is 5.85. The van der Waals surface area contributed by atoms with E-state index in [0.717, 1.165) is 16.9 Å². The molecule has 1 aromatic carbocycles. The van der Waals surface area contributed by atoms with Gasteiger partial charge in [0.1, 0.15) is 0 Å². The van der Waals surface area contributed by atoms with Gasteiger partial charge in [0, 0.05) is 18.1 Å². The molecule has 0 fully saturated rings. The van der Waals surface area contributed by atoms with Gasteiger partial charge in [0.15, 0.2) is 0 Å². The van der Waals surface area contributed by atoms with E-state index in [9.17, 15) is 0 Å². The summed E-state index contributed by atoms with van der Waals surface area (Å²) in [6, 6.07) is 5.85. The number of rotatable bonds is 0. The number of nitrogens with zero attached hydrogens (tertiary/aromatic N) is 2. The number of fused-ring (bicyclic) bond motifs is 1. The number of halogens is 1. The summed E-state index contributed by atoms with van der Waals surface area (Å²) in [6.07, 6.45) is 0. The normalized spacial score (nSPS) is 10.0. The van der Waals surface area contributed by atoms with Gasteiger partial charge >= 0.3 is 0 Å². The third-order valence-electron chi connectivity index (χ3n) is 2.06. The first-order valence-electron chi connectivity index (χ1n) is 3.87.